The number of piperidine rings is 1. The maximum atomic E-state index is 13.1. The van der Waals surface area contributed by atoms with Gasteiger partial charge in [-0.15, -0.1) is 0 Å². The van der Waals surface area contributed by atoms with Gasteiger partial charge >= 0.3 is 0 Å². The highest BCUT2D eigenvalue weighted by Crippen LogP contribution is 2.22. The maximum Gasteiger partial charge on any atom is 0.253 e. The van der Waals surface area contributed by atoms with Gasteiger partial charge in [0, 0.05) is 50.9 Å². The molecule has 1 atom stereocenters. The summed E-state index contributed by atoms with van der Waals surface area (Å²) in [5, 5.41) is 6.50. The van der Waals surface area contributed by atoms with E-state index in [0.717, 1.165) is 18.4 Å². The first kappa shape index (κ1) is 23.0. The van der Waals surface area contributed by atoms with E-state index < -0.39 is 0 Å². The number of likely N-dealkylation sites (tertiary alicyclic amines) is 1. The van der Waals surface area contributed by atoms with Crippen LogP contribution in [0.25, 0.3) is 0 Å². The van der Waals surface area contributed by atoms with Crippen LogP contribution in [0.5, 0.6) is 0 Å². The largest absolute Gasteiger partial charge is 0.360 e. The molecule has 9 heteroatoms. The summed E-state index contributed by atoms with van der Waals surface area (Å²) in [6.45, 7) is 7.59. The van der Waals surface area contributed by atoms with Crippen LogP contribution in [0.4, 0.5) is 5.82 Å². The molecule has 0 aliphatic carbocycles. The number of hydrogen-bond donors (Lipinski definition) is 1. The van der Waals surface area contributed by atoms with Crippen molar-refractivity contribution in [1.29, 1.82) is 0 Å². The third-order valence-corrected chi connectivity index (χ3v) is 6.30. The molecule has 9 nitrogen and oxygen atoms in total. The van der Waals surface area contributed by atoms with Gasteiger partial charge in [-0.3, -0.25) is 19.3 Å². The molecular formula is C24H31N5O4. The van der Waals surface area contributed by atoms with Crippen molar-refractivity contribution in [3.8, 4) is 0 Å². The smallest absolute Gasteiger partial charge is 0.253 e. The van der Waals surface area contributed by atoms with Crippen LogP contribution in [0.2, 0.25) is 0 Å². The zero-order chi connectivity index (χ0) is 23.4. The molecule has 33 heavy (non-hydrogen) atoms. The molecule has 2 aliphatic rings. The topological polar surface area (TPSA) is 99.0 Å². The molecule has 176 valence electrons. The Morgan fingerprint density at radius 1 is 1.03 bits per heavy atom. The number of rotatable bonds is 5. The Balaban J connectivity index is 1.25. The standard InChI is InChI=1S/C24H31N5O4/c1-17-5-7-19(8-6-17)23(31)29-9-3-4-20(15-29)24(32)28-12-10-27(11-13-28)16-22(30)25-21-14-18(2)33-26-21/h5-8,14,20H,3-4,9-13,15-16H2,1-2H3,(H,25,26,30). The van der Waals surface area contributed by atoms with Gasteiger partial charge in [-0.05, 0) is 38.8 Å². The van der Waals surface area contributed by atoms with Crippen LogP contribution in [0.15, 0.2) is 34.9 Å². The lowest BCUT2D eigenvalue weighted by Crippen LogP contribution is -2.54. The number of hydrogen-bond acceptors (Lipinski definition) is 6. The predicted molar refractivity (Wildman–Crippen MR) is 123 cm³/mol. The molecule has 1 N–H and O–H groups in total. The number of carbonyl (C=O) groups is 3. The maximum absolute atomic E-state index is 13.1. The van der Waals surface area contributed by atoms with Crippen LogP contribution in [0.1, 0.15) is 34.5 Å². The molecule has 2 fully saturated rings. The lowest BCUT2D eigenvalue weighted by Gasteiger charge is -2.38. The van der Waals surface area contributed by atoms with E-state index in [1.807, 2.05) is 45.9 Å². The Morgan fingerprint density at radius 3 is 2.42 bits per heavy atom. The highest BCUT2D eigenvalue weighted by atomic mass is 16.5. The van der Waals surface area contributed by atoms with E-state index in [2.05, 4.69) is 10.5 Å². The van der Waals surface area contributed by atoms with Crippen molar-refractivity contribution in [3.05, 3.63) is 47.2 Å². The Labute approximate surface area is 193 Å². The third-order valence-electron chi connectivity index (χ3n) is 6.30. The van der Waals surface area contributed by atoms with Gasteiger partial charge in [0.1, 0.15) is 5.76 Å². The van der Waals surface area contributed by atoms with Crippen LogP contribution in [0, 0.1) is 19.8 Å². The van der Waals surface area contributed by atoms with Crippen molar-refractivity contribution < 1.29 is 18.9 Å². The quantitative estimate of drug-likeness (QED) is 0.743. The van der Waals surface area contributed by atoms with Crippen LogP contribution >= 0.6 is 0 Å². The van der Waals surface area contributed by atoms with Crippen molar-refractivity contribution in [3.63, 3.8) is 0 Å². The Hall–Kier alpha value is -3.20. The minimum absolute atomic E-state index is 0.00867. The number of nitrogens with one attached hydrogen (secondary N) is 1. The average molecular weight is 454 g/mol. The van der Waals surface area contributed by atoms with E-state index in [-0.39, 0.29) is 30.2 Å². The van der Waals surface area contributed by atoms with Gasteiger partial charge in [0.05, 0.1) is 12.5 Å². The molecule has 4 rings (SSSR count). The van der Waals surface area contributed by atoms with E-state index in [0.29, 0.717) is 56.4 Å². The Morgan fingerprint density at radius 2 is 1.76 bits per heavy atom. The van der Waals surface area contributed by atoms with Crippen molar-refractivity contribution >= 4 is 23.5 Å². The number of nitrogens with zero attached hydrogens (tertiary/aromatic N) is 4. The Bertz CT molecular complexity index is 995. The van der Waals surface area contributed by atoms with Crippen molar-refractivity contribution in [2.24, 2.45) is 5.92 Å². The van der Waals surface area contributed by atoms with Gasteiger partial charge in [-0.25, -0.2) is 0 Å². The Kier molecular flexibility index (Phi) is 7.08. The predicted octanol–water partition coefficient (Wildman–Crippen LogP) is 1.93. The van der Waals surface area contributed by atoms with Gasteiger partial charge in [0.2, 0.25) is 11.8 Å². The second-order valence-electron chi connectivity index (χ2n) is 8.93. The fourth-order valence-corrected chi connectivity index (χ4v) is 4.44. The van der Waals surface area contributed by atoms with Crippen LogP contribution in [-0.4, -0.2) is 83.4 Å². The van der Waals surface area contributed by atoms with Crippen molar-refractivity contribution in [2.45, 2.75) is 26.7 Å². The molecule has 0 bridgehead atoms. The van der Waals surface area contributed by atoms with Gasteiger partial charge in [-0.1, -0.05) is 22.9 Å². The summed E-state index contributed by atoms with van der Waals surface area (Å²) in [6, 6.07) is 9.24. The summed E-state index contributed by atoms with van der Waals surface area (Å²) >= 11 is 0. The summed E-state index contributed by atoms with van der Waals surface area (Å²) < 4.78 is 4.96. The van der Waals surface area contributed by atoms with Crippen molar-refractivity contribution in [1.82, 2.24) is 19.9 Å². The van der Waals surface area contributed by atoms with Gasteiger partial charge in [0.15, 0.2) is 5.82 Å². The zero-order valence-corrected chi connectivity index (χ0v) is 19.2. The molecule has 0 saturated carbocycles. The van der Waals surface area contributed by atoms with E-state index in [4.69, 9.17) is 4.52 Å². The fourth-order valence-electron chi connectivity index (χ4n) is 4.44. The second kappa shape index (κ2) is 10.2. The molecule has 3 heterocycles. The fraction of sp³-hybridized carbons (Fsp3) is 0.500. The number of aromatic nitrogens is 1. The minimum atomic E-state index is -0.168. The SMILES string of the molecule is Cc1ccc(C(=O)N2CCCC(C(=O)N3CCN(CC(=O)Nc4cc(C)on4)CC3)C2)cc1. The number of piperazine rings is 1. The lowest BCUT2D eigenvalue weighted by atomic mass is 9.95. The first-order chi connectivity index (χ1) is 15.9. The number of carbonyl (C=O) groups excluding carboxylic acids is 3. The summed E-state index contributed by atoms with van der Waals surface area (Å²) in [7, 11) is 0. The van der Waals surface area contributed by atoms with Gasteiger partial charge < -0.3 is 19.6 Å². The molecule has 0 spiro atoms. The molecule has 2 aromatic rings. The number of amides is 3. The monoisotopic (exact) mass is 453 g/mol. The third kappa shape index (κ3) is 5.78. The normalized spacial score (nSPS) is 19.4. The molecule has 3 amide bonds. The lowest BCUT2D eigenvalue weighted by molar-refractivity contribution is -0.138. The molecule has 1 unspecified atom stereocenters. The first-order valence-electron chi connectivity index (χ1n) is 11.5. The van der Waals surface area contributed by atoms with Crippen LogP contribution < -0.4 is 5.32 Å². The summed E-state index contributed by atoms with van der Waals surface area (Å²) in [4.78, 5) is 44.0. The van der Waals surface area contributed by atoms with E-state index in [9.17, 15) is 14.4 Å². The van der Waals surface area contributed by atoms with E-state index in [1.165, 1.54) is 0 Å². The number of anilines is 1. The second-order valence-corrected chi connectivity index (χ2v) is 8.93. The van der Waals surface area contributed by atoms with Gasteiger partial charge in [-0.2, -0.15) is 0 Å². The molecule has 1 aromatic heterocycles. The summed E-state index contributed by atoms with van der Waals surface area (Å²) in [5.41, 5.74) is 1.78. The highest BCUT2D eigenvalue weighted by molar-refractivity contribution is 5.95. The van der Waals surface area contributed by atoms with E-state index >= 15 is 0 Å². The minimum Gasteiger partial charge on any atom is -0.360 e. The summed E-state index contributed by atoms with van der Waals surface area (Å²) in [5.74, 6) is 0.829. The number of aryl methyl sites for hydroxylation is 2. The molecule has 2 saturated heterocycles. The van der Waals surface area contributed by atoms with Crippen LogP contribution in [-0.2, 0) is 9.59 Å². The van der Waals surface area contributed by atoms with E-state index in [1.54, 1.807) is 13.0 Å². The van der Waals surface area contributed by atoms with Crippen LogP contribution in [0.3, 0.4) is 0 Å². The molecule has 2 aliphatic heterocycles. The first-order valence-corrected chi connectivity index (χ1v) is 11.5. The summed E-state index contributed by atoms with van der Waals surface area (Å²) in [6.07, 6.45) is 1.63. The van der Waals surface area contributed by atoms with Crippen molar-refractivity contribution in [2.75, 3.05) is 51.1 Å². The zero-order valence-electron chi connectivity index (χ0n) is 19.2. The number of benzene rings is 1. The average Bonchev–Trinajstić information content (AvgIpc) is 3.23. The molecule has 0 radical (unpaired) electrons. The highest BCUT2D eigenvalue weighted by Gasteiger charge is 2.33. The van der Waals surface area contributed by atoms with Gasteiger partial charge in [0.25, 0.3) is 5.91 Å². The molecular weight excluding hydrogens is 422 g/mol. The molecule has 1 aromatic carbocycles.